The van der Waals surface area contributed by atoms with Crippen LogP contribution in [0, 0.1) is 6.92 Å². The van der Waals surface area contributed by atoms with Crippen LogP contribution >= 0.6 is 0 Å². The van der Waals surface area contributed by atoms with E-state index in [0.29, 0.717) is 58.0 Å². The highest BCUT2D eigenvalue weighted by Gasteiger charge is 2.31. The number of amides is 2. The molecule has 2 amide bonds. The molecule has 0 aliphatic carbocycles. The first-order valence-electron chi connectivity index (χ1n) is 19.1. The Kier molecular flexibility index (Phi) is 10.1. The molecule has 4 heterocycles. The lowest BCUT2D eigenvalue weighted by Crippen LogP contribution is -2.46. The van der Waals surface area contributed by atoms with Crippen molar-refractivity contribution in [2.75, 3.05) is 26.4 Å². The molecular formula is C44H47N5O5. The minimum absolute atomic E-state index is 0.0575. The van der Waals surface area contributed by atoms with Crippen LogP contribution in [-0.2, 0) is 42.6 Å². The van der Waals surface area contributed by atoms with E-state index in [1.807, 2.05) is 60.0 Å². The molecule has 54 heavy (non-hydrogen) atoms. The standard InChI is InChI=1S/C44H47N5O5/c1-4-53-43(50)42-36(19-11-23-54-39-20-9-15-30-12-7-8-16-34(30)39)35-17-10-18-37-40-29(2)47(3)46-38(40)28-48(44(51)45-33-21-24-52-25-22-33)26-31-13-5-6-14-32(31)27-49(42)41(35)37/h5-10,12-18,20,33H,4,11,19,21-28H2,1-3H3,(H,45,51). The van der Waals surface area contributed by atoms with Gasteiger partial charge in [0.1, 0.15) is 11.4 Å². The van der Waals surface area contributed by atoms with Crippen molar-refractivity contribution in [3.8, 4) is 16.9 Å². The van der Waals surface area contributed by atoms with Gasteiger partial charge in [-0.3, -0.25) is 4.68 Å². The summed E-state index contributed by atoms with van der Waals surface area (Å²) >= 11 is 0. The minimum atomic E-state index is -0.349. The number of nitrogens with one attached hydrogen (secondary N) is 1. The Morgan fingerprint density at radius 3 is 2.43 bits per heavy atom. The zero-order valence-electron chi connectivity index (χ0n) is 31.3. The van der Waals surface area contributed by atoms with Crippen molar-refractivity contribution in [3.63, 3.8) is 0 Å². The van der Waals surface area contributed by atoms with Gasteiger partial charge in [0.15, 0.2) is 0 Å². The van der Waals surface area contributed by atoms with Gasteiger partial charge in [-0.05, 0) is 67.7 Å². The molecule has 1 saturated heterocycles. The van der Waals surface area contributed by atoms with Gasteiger partial charge in [0.05, 0.1) is 31.0 Å². The maximum Gasteiger partial charge on any atom is 0.355 e. The summed E-state index contributed by atoms with van der Waals surface area (Å²) in [6.45, 7) is 7.07. The van der Waals surface area contributed by atoms with Gasteiger partial charge in [-0.1, -0.05) is 78.9 Å². The number of aromatic nitrogens is 3. The average Bonchev–Trinajstić information content (AvgIpc) is 3.64. The van der Waals surface area contributed by atoms with Crippen LogP contribution in [0.2, 0.25) is 0 Å². The summed E-state index contributed by atoms with van der Waals surface area (Å²) in [7, 11) is 1.94. The fraction of sp³-hybridized carbons (Fsp3) is 0.341. The number of para-hydroxylation sites is 1. The third kappa shape index (κ3) is 6.82. The second kappa shape index (κ2) is 15.4. The Bertz CT molecular complexity index is 2330. The molecule has 0 saturated carbocycles. The normalized spacial score (nSPS) is 14.7. The van der Waals surface area contributed by atoms with Crippen LogP contribution in [0.3, 0.4) is 0 Å². The van der Waals surface area contributed by atoms with Crippen molar-refractivity contribution in [2.24, 2.45) is 7.05 Å². The predicted molar refractivity (Wildman–Crippen MR) is 210 cm³/mol. The van der Waals surface area contributed by atoms with Crippen molar-refractivity contribution in [1.82, 2.24) is 24.6 Å². The summed E-state index contributed by atoms with van der Waals surface area (Å²) in [5.41, 5.74) is 8.22. The molecule has 0 unspecified atom stereocenters. The monoisotopic (exact) mass is 725 g/mol. The molecule has 0 spiro atoms. The fourth-order valence-corrected chi connectivity index (χ4v) is 8.15. The topological polar surface area (TPSA) is 99.8 Å². The molecule has 0 bridgehead atoms. The SMILES string of the molecule is CCOC(=O)c1c(CCCOc2cccc3ccccc23)c2cccc3c2n1Cc1ccccc1CN(C(=O)NC1CCOCC1)Cc1nn(C)c(C)c1-3. The van der Waals surface area contributed by atoms with Crippen LogP contribution in [0.1, 0.15) is 64.8 Å². The molecule has 10 nitrogen and oxygen atoms in total. The Balaban J connectivity index is 1.23. The van der Waals surface area contributed by atoms with Crippen molar-refractivity contribution in [1.29, 1.82) is 0 Å². The van der Waals surface area contributed by atoms with Gasteiger partial charge in [0, 0.05) is 67.0 Å². The van der Waals surface area contributed by atoms with Crippen LogP contribution in [0.4, 0.5) is 4.79 Å². The quantitative estimate of drug-likeness (QED) is 0.126. The van der Waals surface area contributed by atoms with Crippen LogP contribution < -0.4 is 10.1 Å². The lowest BCUT2D eigenvalue weighted by atomic mass is 9.98. The molecule has 0 radical (unpaired) electrons. The molecule has 6 aromatic rings. The number of urea groups is 1. The Morgan fingerprint density at radius 2 is 1.61 bits per heavy atom. The highest BCUT2D eigenvalue weighted by atomic mass is 16.5. The van der Waals surface area contributed by atoms with Gasteiger partial charge in [-0.25, -0.2) is 9.59 Å². The van der Waals surface area contributed by atoms with E-state index < -0.39 is 0 Å². The zero-order chi connectivity index (χ0) is 37.2. The number of ether oxygens (including phenoxy) is 3. The zero-order valence-corrected chi connectivity index (χ0v) is 31.3. The highest BCUT2D eigenvalue weighted by Crippen LogP contribution is 2.40. The summed E-state index contributed by atoms with van der Waals surface area (Å²) in [5.74, 6) is 0.502. The van der Waals surface area contributed by atoms with Crippen LogP contribution in [0.25, 0.3) is 32.8 Å². The number of carbonyl (C=O) groups is 2. The summed E-state index contributed by atoms with van der Waals surface area (Å²) in [5, 5.41) is 11.5. The summed E-state index contributed by atoms with van der Waals surface area (Å²) in [6, 6.07) is 28.8. The van der Waals surface area contributed by atoms with Crippen molar-refractivity contribution in [3.05, 3.63) is 119 Å². The van der Waals surface area contributed by atoms with E-state index in [4.69, 9.17) is 19.3 Å². The lowest BCUT2D eigenvalue weighted by molar-refractivity contribution is 0.0513. The van der Waals surface area contributed by atoms with Crippen LogP contribution in [0.15, 0.2) is 84.9 Å². The second-order valence-electron chi connectivity index (χ2n) is 14.3. The van der Waals surface area contributed by atoms with E-state index in [-0.39, 0.29) is 24.6 Å². The third-order valence-electron chi connectivity index (χ3n) is 10.9. The van der Waals surface area contributed by atoms with E-state index in [0.717, 1.165) is 79.5 Å². The molecule has 278 valence electrons. The fourth-order valence-electron chi connectivity index (χ4n) is 8.15. The minimum Gasteiger partial charge on any atom is -0.493 e. The van der Waals surface area contributed by atoms with E-state index in [1.165, 1.54) is 0 Å². The maximum absolute atomic E-state index is 14.2. The van der Waals surface area contributed by atoms with Crippen LogP contribution in [-0.4, -0.2) is 63.7 Å². The third-order valence-corrected chi connectivity index (χ3v) is 10.9. The Hall–Kier alpha value is -5.61. The molecule has 8 rings (SSSR count). The maximum atomic E-state index is 14.2. The van der Waals surface area contributed by atoms with Gasteiger partial charge in [0.25, 0.3) is 0 Å². The molecule has 2 aliphatic heterocycles. The number of fused-ring (bicyclic) bond motifs is 4. The van der Waals surface area contributed by atoms with Crippen molar-refractivity contribution < 1.29 is 23.8 Å². The van der Waals surface area contributed by atoms with E-state index in [9.17, 15) is 9.59 Å². The molecule has 1 fully saturated rings. The second-order valence-corrected chi connectivity index (χ2v) is 14.3. The number of aryl methyl sites for hydroxylation is 2. The van der Waals surface area contributed by atoms with Gasteiger partial charge in [-0.15, -0.1) is 0 Å². The molecule has 2 aliphatic rings. The number of benzene rings is 4. The number of hydrogen-bond acceptors (Lipinski definition) is 6. The van der Waals surface area contributed by atoms with E-state index in [1.54, 1.807) is 0 Å². The highest BCUT2D eigenvalue weighted by molar-refractivity contribution is 6.05. The summed E-state index contributed by atoms with van der Waals surface area (Å²) < 4.78 is 21.8. The van der Waals surface area contributed by atoms with Gasteiger partial charge < -0.3 is 29.0 Å². The smallest absolute Gasteiger partial charge is 0.355 e. The molecular weight excluding hydrogens is 679 g/mol. The van der Waals surface area contributed by atoms with Crippen LogP contribution in [0.5, 0.6) is 5.75 Å². The van der Waals surface area contributed by atoms with Gasteiger partial charge >= 0.3 is 12.0 Å². The first kappa shape index (κ1) is 35.4. The predicted octanol–water partition coefficient (Wildman–Crippen LogP) is 7.94. The lowest BCUT2D eigenvalue weighted by Gasteiger charge is -2.29. The number of carbonyl (C=O) groups excluding carboxylic acids is 2. The van der Waals surface area contributed by atoms with E-state index >= 15 is 0 Å². The molecule has 2 aromatic heterocycles. The molecule has 0 atom stereocenters. The number of esters is 1. The Morgan fingerprint density at radius 1 is 0.889 bits per heavy atom. The first-order chi connectivity index (χ1) is 26.4. The average molecular weight is 726 g/mol. The number of hydrogen-bond donors (Lipinski definition) is 1. The van der Waals surface area contributed by atoms with Crippen molar-refractivity contribution >= 4 is 33.7 Å². The number of rotatable bonds is 8. The molecule has 1 N–H and O–H groups in total. The summed E-state index contributed by atoms with van der Waals surface area (Å²) in [4.78, 5) is 30.1. The van der Waals surface area contributed by atoms with Gasteiger partial charge in [0.2, 0.25) is 0 Å². The summed E-state index contributed by atoms with van der Waals surface area (Å²) in [6.07, 6.45) is 2.89. The Labute approximate surface area is 315 Å². The van der Waals surface area contributed by atoms with E-state index in [2.05, 4.69) is 65.3 Å². The number of nitrogens with zero attached hydrogens (tertiary/aromatic N) is 4. The first-order valence-corrected chi connectivity index (χ1v) is 19.1. The molecule has 10 heteroatoms. The largest absolute Gasteiger partial charge is 0.493 e. The van der Waals surface area contributed by atoms with Gasteiger partial charge in [-0.2, -0.15) is 5.10 Å². The molecule has 4 aromatic carbocycles. The van der Waals surface area contributed by atoms with Crippen molar-refractivity contribution in [2.45, 2.75) is 65.2 Å².